The molecule has 26 heavy (non-hydrogen) atoms. The van der Waals surface area contributed by atoms with Gasteiger partial charge in [0, 0.05) is 31.9 Å². The van der Waals surface area contributed by atoms with Gasteiger partial charge >= 0.3 is 5.69 Å². The van der Waals surface area contributed by atoms with Crippen LogP contribution in [0.5, 0.6) is 0 Å². The molecular weight excluding hydrogens is 332 g/mol. The maximum absolute atomic E-state index is 12.8. The zero-order valence-corrected chi connectivity index (χ0v) is 15.3. The van der Waals surface area contributed by atoms with E-state index >= 15 is 0 Å². The molecule has 7 heteroatoms. The molecule has 1 N–H and O–H groups in total. The molecule has 136 valence electrons. The van der Waals surface area contributed by atoms with Crippen molar-refractivity contribution in [2.75, 3.05) is 0 Å². The third-order valence-electron chi connectivity index (χ3n) is 4.29. The predicted octanol–water partition coefficient (Wildman–Crippen LogP) is 1.23. The zero-order chi connectivity index (χ0) is 19.0. The Labute approximate surface area is 150 Å². The zero-order valence-electron chi connectivity index (χ0n) is 15.3. The molecule has 0 spiro atoms. The molecule has 3 rings (SSSR count). The normalized spacial score (nSPS) is 11.3. The number of hydrogen-bond acceptors (Lipinski definition) is 3. The smallest absolute Gasteiger partial charge is 0.331 e. The molecule has 2 aromatic heterocycles. The second-order valence-corrected chi connectivity index (χ2v) is 6.67. The van der Waals surface area contributed by atoms with Gasteiger partial charge in [0.1, 0.15) is 12.1 Å². The van der Waals surface area contributed by atoms with E-state index in [0.717, 1.165) is 15.7 Å². The van der Waals surface area contributed by atoms with Gasteiger partial charge in [-0.25, -0.2) is 4.79 Å². The van der Waals surface area contributed by atoms with E-state index in [4.69, 9.17) is 0 Å². The molecule has 1 amide bonds. The van der Waals surface area contributed by atoms with Crippen LogP contribution in [0.3, 0.4) is 0 Å². The van der Waals surface area contributed by atoms with E-state index in [0.29, 0.717) is 11.0 Å². The van der Waals surface area contributed by atoms with Crippen molar-refractivity contribution in [1.82, 2.24) is 19.0 Å². The van der Waals surface area contributed by atoms with Gasteiger partial charge in [-0.05, 0) is 19.4 Å². The van der Waals surface area contributed by atoms with E-state index in [1.54, 1.807) is 11.6 Å². The Morgan fingerprint density at radius 2 is 1.73 bits per heavy atom. The SMILES string of the molecule is CC(C)NC(=O)Cn1c(=O)n(C)c(=O)c2c1c(-c1ccccc1)cn2C. The number of amides is 1. The van der Waals surface area contributed by atoms with E-state index in [1.165, 1.54) is 11.6 Å². The van der Waals surface area contributed by atoms with Crippen molar-refractivity contribution in [3.8, 4) is 11.1 Å². The summed E-state index contributed by atoms with van der Waals surface area (Å²) in [5.41, 5.74) is 1.60. The van der Waals surface area contributed by atoms with Gasteiger partial charge in [-0.15, -0.1) is 0 Å². The lowest BCUT2D eigenvalue weighted by Crippen LogP contribution is -2.42. The fourth-order valence-electron chi connectivity index (χ4n) is 3.15. The van der Waals surface area contributed by atoms with Gasteiger partial charge in [0.2, 0.25) is 5.91 Å². The Hall–Kier alpha value is -3.09. The summed E-state index contributed by atoms with van der Waals surface area (Å²) in [7, 11) is 3.19. The van der Waals surface area contributed by atoms with Crippen molar-refractivity contribution in [2.24, 2.45) is 14.1 Å². The van der Waals surface area contributed by atoms with Gasteiger partial charge in [0.15, 0.2) is 0 Å². The summed E-state index contributed by atoms with van der Waals surface area (Å²) in [6.45, 7) is 3.56. The molecule has 7 nitrogen and oxygen atoms in total. The third-order valence-corrected chi connectivity index (χ3v) is 4.29. The summed E-state index contributed by atoms with van der Waals surface area (Å²) < 4.78 is 4.12. The number of rotatable bonds is 4. The number of carbonyl (C=O) groups is 1. The highest BCUT2D eigenvalue weighted by Gasteiger charge is 2.20. The molecule has 0 aliphatic rings. The number of carbonyl (C=O) groups excluding carboxylic acids is 1. The monoisotopic (exact) mass is 354 g/mol. The number of benzene rings is 1. The minimum atomic E-state index is -0.509. The van der Waals surface area contributed by atoms with Crippen LogP contribution in [0.25, 0.3) is 22.2 Å². The lowest BCUT2D eigenvalue weighted by molar-refractivity contribution is -0.122. The average molecular weight is 354 g/mol. The average Bonchev–Trinajstić information content (AvgIpc) is 2.94. The van der Waals surface area contributed by atoms with Crippen molar-refractivity contribution < 1.29 is 4.79 Å². The van der Waals surface area contributed by atoms with Crippen LogP contribution in [0.2, 0.25) is 0 Å². The van der Waals surface area contributed by atoms with Crippen LogP contribution >= 0.6 is 0 Å². The summed E-state index contributed by atoms with van der Waals surface area (Å²) in [6, 6.07) is 9.47. The van der Waals surface area contributed by atoms with Crippen LogP contribution in [-0.2, 0) is 25.4 Å². The fraction of sp³-hybridized carbons (Fsp3) is 0.316. The molecule has 0 saturated heterocycles. The molecule has 0 aliphatic heterocycles. The molecule has 3 aromatic rings. The Morgan fingerprint density at radius 3 is 2.35 bits per heavy atom. The van der Waals surface area contributed by atoms with E-state index < -0.39 is 5.69 Å². The number of nitrogens with one attached hydrogen (secondary N) is 1. The number of nitrogens with zero attached hydrogens (tertiary/aromatic N) is 3. The van der Waals surface area contributed by atoms with Crippen molar-refractivity contribution >= 4 is 16.9 Å². The van der Waals surface area contributed by atoms with Gasteiger partial charge in [0.25, 0.3) is 5.56 Å². The Kier molecular flexibility index (Phi) is 4.54. The van der Waals surface area contributed by atoms with Crippen LogP contribution in [0.4, 0.5) is 0 Å². The molecule has 0 bridgehead atoms. The fourth-order valence-corrected chi connectivity index (χ4v) is 3.15. The third kappa shape index (κ3) is 2.96. The molecule has 0 unspecified atom stereocenters. The van der Waals surface area contributed by atoms with Crippen molar-refractivity contribution in [3.05, 3.63) is 57.4 Å². The molecule has 0 saturated carbocycles. The molecular formula is C19H22N4O3. The predicted molar refractivity (Wildman–Crippen MR) is 101 cm³/mol. The van der Waals surface area contributed by atoms with Gasteiger partial charge in [-0.1, -0.05) is 30.3 Å². The van der Waals surface area contributed by atoms with Crippen LogP contribution in [0, 0.1) is 0 Å². The summed E-state index contributed by atoms with van der Waals surface area (Å²) in [4.78, 5) is 37.7. The molecule has 2 heterocycles. The topological polar surface area (TPSA) is 78.0 Å². The highest BCUT2D eigenvalue weighted by Crippen LogP contribution is 2.27. The van der Waals surface area contributed by atoms with Crippen LogP contribution in [0.15, 0.2) is 46.1 Å². The van der Waals surface area contributed by atoms with Crippen molar-refractivity contribution in [2.45, 2.75) is 26.4 Å². The molecule has 0 aliphatic carbocycles. The minimum absolute atomic E-state index is 0.0365. The maximum atomic E-state index is 12.8. The molecule has 0 atom stereocenters. The van der Waals surface area contributed by atoms with E-state index in [9.17, 15) is 14.4 Å². The first kappa shape index (κ1) is 17.7. The Bertz CT molecular complexity index is 1090. The largest absolute Gasteiger partial charge is 0.352 e. The summed E-state index contributed by atoms with van der Waals surface area (Å²) in [5.74, 6) is -0.273. The number of fused-ring (bicyclic) bond motifs is 1. The second kappa shape index (κ2) is 6.67. The number of aryl methyl sites for hydroxylation is 1. The Morgan fingerprint density at radius 1 is 1.08 bits per heavy atom. The van der Waals surface area contributed by atoms with Crippen molar-refractivity contribution in [3.63, 3.8) is 0 Å². The number of hydrogen-bond donors (Lipinski definition) is 1. The van der Waals surface area contributed by atoms with Gasteiger partial charge in [0.05, 0.1) is 5.52 Å². The van der Waals surface area contributed by atoms with Gasteiger partial charge in [-0.3, -0.25) is 18.7 Å². The van der Waals surface area contributed by atoms with Crippen molar-refractivity contribution in [1.29, 1.82) is 0 Å². The minimum Gasteiger partial charge on any atom is -0.352 e. The number of aromatic nitrogens is 3. The second-order valence-electron chi connectivity index (χ2n) is 6.67. The summed E-state index contributed by atoms with van der Waals surface area (Å²) in [5, 5.41) is 2.79. The highest BCUT2D eigenvalue weighted by molar-refractivity contribution is 5.93. The highest BCUT2D eigenvalue weighted by atomic mass is 16.2. The molecule has 0 fully saturated rings. The molecule has 0 radical (unpaired) electrons. The quantitative estimate of drug-likeness (QED) is 0.765. The maximum Gasteiger partial charge on any atom is 0.331 e. The van der Waals surface area contributed by atoms with E-state index in [-0.39, 0.29) is 24.1 Å². The Balaban J connectivity index is 2.34. The first-order valence-electron chi connectivity index (χ1n) is 8.45. The van der Waals surface area contributed by atoms with Crippen LogP contribution in [0.1, 0.15) is 13.8 Å². The standard InChI is InChI=1S/C19H22N4O3/c1-12(2)20-15(24)11-23-16-14(13-8-6-5-7-9-13)10-21(3)17(16)18(25)22(4)19(23)26/h5-10,12H,11H2,1-4H3,(H,20,24). The molecule has 1 aromatic carbocycles. The van der Waals surface area contributed by atoms with Gasteiger partial charge in [-0.2, -0.15) is 0 Å². The van der Waals surface area contributed by atoms with Crippen LogP contribution < -0.4 is 16.6 Å². The van der Waals surface area contributed by atoms with E-state index in [2.05, 4.69) is 5.32 Å². The van der Waals surface area contributed by atoms with Crippen LogP contribution in [-0.4, -0.2) is 25.7 Å². The van der Waals surface area contributed by atoms with E-state index in [1.807, 2.05) is 50.4 Å². The lowest BCUT2D eigenvalue weighted by atomic mass is 10.1. The lowest BCUT2D eigenvalue weighted by Gasteiger charge is -2.13. The summed E-state index contributed by atoms with van der Waals surface area (Å²) >= 11 is 0. The first-order valence-corrected chi connectivity index (χ1v) is 8.45. The first-order chi connectivity index (χ1) is 12.3. The summed E-state index contributed by atoms with van der Waals surface area (Å²) in [6.07, 6.45) is 1.82. The van der Waals surface area contributed by atoms with Gasteiger partial charge < -0.3 is 9.88 Å².